The van der Waals surface area contributed by atoms with E-state index in [9.17, 15) is 31.1 Å². The van der Waals surface area contributed by atoms with Crippen LogP contribution in [0.1, 0.15) is 34.5 Å². The van der Waals surface area contributed by atoms with Crippen LogP contribution in [-0.4, -0.2) is 22.0 Å². The summed E-state index contributed by atoms with van der Waals surface area (Å²) in [5.74, 6) is 0. The molecule has 2 aliphatic heterocycles. The molecule has 12 heteroatoms. The number of cyclic esters (lactones) is 1. The predicted molar refractivity (Wildman–Crippen MR) is 100 cm³/mol. The lowest BCUT2D eigenvalue weighted by Crippen LogP contribution is -2.32. The topological polar surface area (TPSA) is 42.4 Å². The second-order valence-corrected chi connectivity index (χ2v) is 8.11. The molecule has 1 fully saturated rings. The molecule has 2 aromatic rings. The summed E-state index contributed by atoms with van der Waals surface area (Å²) in [7, 11) is 0. The summed E-state index contributed by atoms with van der Waals surface area (Å²) in [5, 5.41) is 0.145. The first-order valence-electron chi connectivity index (χ1n) is 8.65. The van der Waals surface area contributed by atoms with Crippen molar-refractivity contribution in [2.45, 2.75) is 30.5 Å². The van der Waals surface area contributed by atoms with E-state index in [-0.39, 0.29) is 11.2 Å². The lowest BCUT2D eigenvalue weighted by atomic mass is 9.97. The second kappa shape index (κ2) is 7.40. The molecule has 0 aliphatic carbocycles. The number of fused-ring (bicyclic) bond motifs is 1. The van der Waals surface area contributed by atoms with Gasteiger partial charge in [0.15, 0.2) is 6.10 Å². The highest BCUT2D eigenvalue weighted by Crippen LogP contribution is 2.46. The van der Waals surface area contributed by atoms with Crippen LogP contribution in [0, 0.1) is 0 Å². The van der Waals surface area contributed by atoms with E-state index in [1.807, 2.05) is 0 Å². The van der Waals surface area contributed by atoms with Gasteiger partial charge in [-0.25, -0.2) is 9.78 Å². The van der Waals surface area contributed by atoms with Crippen LogP contribution >= 0.6 is 27.5 Å². The van der Waals surface area contributed by atoms with Crippen LogP contribution in [0.4, 0.5) is 31.1 Å². The number of carbonyl (C=O) groups is 1. The lowest BCUT2D eigenvalue weighted by molar-refractivity contribution is -0.143. The Morgan fingerprint density at radius 3 is 2.19 bits per heavy atom. The first kappa shape index (κ1) is 21.9. The van der Waals surface area contributed by atoms with E-state index in [0.29, 0.717) is 22.3 Å². The number of hydrogen-bond acceptors (Lipinski definition) is 3. The Kier molecular flexibility index (Phi) is 5.24. The van der Waals surface area contributed by atoms with Crippen LogP contribution in [0.25, 0.3) is 0 Å². The maximum absolute atomic E-state index is 13.2. The van der Waals surface area contributed by atoms with Gasteiger partial charge in [0, 0.05) is 4.47 Å². The Labute approximate surface area is 184 Å². The average molecular weight is 528 g/mol. The number of hydrogen-bond donors (Lipinski definition) is 0. The highest BCUT2D eigenvalue weighted by Gasteiger charge is 2.49. The molecule has 0 N–H and O–H groups in total. The van der Waals surface area contributed by atoms with Crippen LogP contribution < -0.4 is 0 Å². The first-order valence-corrected chi connectivity index (χ1v) is 9.82. The summed E-state index contributed by atoms with van der Waals surface area (Å²) in [5.41, 5.74) is -3.02. The van der Waals surface area contributed by atoms with Crippen molar-refractivity contribution in [2.24, 2.45) is 0 Å². The molecular weight excluding hydrogens is 518 g/mol. The molecule has 4 rings (SSSR count). The zero-order valence-corrected chi connectivity index (χ0v) is 17.4. The van der Waals surface area contributed by atoms with Crippen molar-refractivity contribution in [3.05, 3.63) is 74.5 Å². The Hall–Kier alpha value is -2.27. The minimum absolute atomic E-state index is 0.0261. The molecule has 0 spiro atoms. The third kappa shape index (κ3) is 4.00. The molecule has 4 nitrogen and oxygen atoms in total. The highest BCUT2D eigenvalue weighted by molar-refractivity contribution is 9.10. The predicted octanol–water partition coefficient (Wildman–Crippen LogP) is 6.71. The molecule has 164 valence electrons. The quantitative estimate of drug-likeness (QED) is 0.248. The van der Waals surface area contributed by atoms with Crippen molar-refractivity contribution >= 4 is 33.6 Å². The Balaban J connectivity index is 1.74. The van der Waals surface area contributed by atoms with E-state index >= 15 is 0 Å². The molecule has 1 saturated heterocycles. The Bertz CT molecular complexity index is 1060. The molecule has 1 aromatic heterocycles. The smallest absolute Gasteiger partial charge is 0.416 e. The van der Waals surface area contributed by atoms with Gasteiger partial charge in [0.2, 0.25) is 0 Å². The van der Waals surface area contributed by atoms with Crippen molar-refractivity contribution in [2.75, 3.05) is 0 Å². The lowest BCUT2D eigenvalue weighted by Gasteiger charge is -2.23. The SMILES string of the molecule is O=C1O[C@H](c2cc(C(F)(F)F)cc(C(F)(F)F)c2)[C@@H]2C=C[C@@H](c3nc(Cl)ccc3Br)N12. The molecular formula is C19H10BrClF6N2O2. The summed E-state index contributed by atoms with van der Waals surface area (Å²) in [4.78, 5) is 17.9. The van der Waals surface area contributed by atoms with Gasteiger partial charge in [0.1, 0.15) is 5.15 Å². The zero-order chi connectivity index (χ0) is 22.7. The van der Waals surface area contributed by atoms with Gasteiger partial charge in [0.05, 0.1) is 28.9 Å². The largest absolute Gasteiger partial charge is 0.439 e. The minimum atomic E-state index is -5.01. The fourth-order valence-electron chi connectivity index (χ4n) is 3.58. The average Bonchev–Trinajstić information content (AvgIpc) is 3.23. The second-order valence-electron chi connectivity index (χ2n) is 6.87. The first-order chi connectivity index (χ1) is 14.4. The maximum atomic E-state index is 13.2. The molecule has 0 bridgehead atoms. The van der Waals surface area contributed by atoms with Gasteiger partial charge in [0.25, 0.3) is 0 Å². The molecule has 2 aliphatic rings. The Morgan fingerprint density at radius 2 is 1.61 bits per heavy atom. The van der Waals surface area contributed by atoms with Crippen molar-refractivity contribution in [1.82, 2.24) is 9.88 Å². The van der Waals surface area contributed by atoms with E-state index in [1.165, 1.54) is 17.0 Å². The van der Waals surface area contributed by atoms with Crippen molar-refractivity contribution < 1.29 is 35.9 Å². The third-order valence-corrected chi connectivity index (χ3v) is 5.80. The number of nitrogens with zero attached hydrogens (tertiary/aromatic N) is 2. The third-order valence-electron chi connectivity index (χ3n) is 4.92. The maximum Gasteiger partial charge on any atom is 0.416 e. The molecule has 3 heterocycles. The number of halogens is 8. The number of carbonyl (C=O) groups excluding carboxylic acids is 1. The van der Waals surface area contributed by atoms with E-state index in [2.05, 4.69) is 20.9 Å². The molecule has 0 radical (unpaired) electrons. The van der Waals surface area contributed by atoms with Crippen LogP contribution in [0.5, 0.6) is 0 Å². The minimum Gasteiger partial charge on any atom is -0.439 e. The molecule has 1 aromatic carbocycles. The molecule has 0 unspecified atom stereocenters. The fourth-order valence-corrected chi connectivity index (χ4v) is 4.19. The van der Waals surface area contributed by atoms with Crippen LogP contribution in [0.2, 0.25) is 5.15 Å². The summed E-state index contributed by atoms with van der Waals surface area (Å²) in [6, 6.07) is 2.58. The summed E-state index contributed by atoms with van der Waals surface area (Å²) in [6.07, 6.45) is -9.23. The number of alkyl halides is 6. The van der Waals surface area contributed by atoms with Crippen molar-refractivity contribution in [3.8, 4) is 0 Å². The van der Waals surface area contributed by atoms with Gasteiger partial charge in [-0.2, -0.15) is 26.3 Å². The van der Waals surface area contributed by atoms with Gasteiger partial charge in [-0.15, -0.1) is 0 Å². The monoisotopic (exact) mass is 526 g/mol. The normalized spacial score (nSPS) is 23.3. The van der Waals surface area contributed by atoms with Crippen LogP contribution in [0.15, 0.2) is 47.0 Å². The standard InChI is InChI=1S/C19H10BrClF6N2O2/c20-11-1-4-14(21)28-15(11)12-2-3-13-16(31-17(30)29(12)13)8-5-9(18(22,23)24)7-10(6-8)19(25,26)27/h1-7,12-13,16H/t12-,13-,16+/m0/s1. The highest BCUT2D eigenvalue weighted by atomic mass is 79.9. The van der Waals surface area contributed by atoms with Crippen LogP contribution in [0.3, 0.4) is 0 Å². The van der Waals surface area contributed by atoms with E-state index in [1.54, 1.807) is 12.1 Å². The number of amides is 1. The summed E-state index contributed by atoms with van der Waals surface area (Å²) < 4.78 is 85.0. The number of pyridine rings is 1. The van der Waals surface area contributed by atoms with Gasteiger partial charge in [-0.05, 0) is 51.8 Å². The van der Waals surface area contributed by atoms with Gasteiger partial charge >= 0.3 is 18.4 Å². The van der Waals surface area contributed by atoms with E-state index in [4.69, 9.17) is 16.3 Å². The summed E-state index contributed by atoms with van der Waals surface area (Å²) in [6.45, 7) is 0. The van der Waals surface area contributed by atoms with E-state index in [0.717, 1.165) is 0 Å². The zero-order valence-electron chi connectivity index (χ0n) is 15.0. The molecule has 1 amide bonds. The van der Waals surface area contributed by atoms with Crippen molar-refractivity contribution in [1.29, 1.82) is 0 Å². The fraction of sp³-hybridized carbons (Fsp3) is 0.263. The number of ether oxygens (including phenoxy) is 1. The number of aromatic nitrogens is 1. The Morgan fingerprint density at radius 1 is 1.00 bits per heavy atom. The van der Waals surface area contributed by atoms with Gasteiger partial charge < -0.3 is 4.74 Å². The number of benzene rings is 1. The van der Waals surface area contributed by atoms with Crippen LogP contribution in [-0.2, 0) is 17.1 Å². The molecule has 31 heavy (non-hydrogen) atoms. The van der Waals surface area contributed by atoms with Gasteiger partial charge in [-0.1, -0.05) is 23.8 Å². The molecule has 3 atom stereocenters. The number of rotatable bonds is 2. The van der Waals surface area contributed by atoms with E-state index < -0.39 is 53.3 Å². The van der Waals surface area contributed by atoms with Gasteiger partial charge in [-0.3, -0.25) is 4.90 Å². The molecule has 0 saturated carbocycles. The van der Waals surface area contributed by atoms with Crippen molar-refractivity contribution in [3.63, 3.8) is 0 Å². The summed E-state index contributed by atoms with van der Waals surface area (Å²) >= 11 is 9.21.